The third kappa shape index (κ3) is 2.36. The van der Waals surface area contributed by atoms with Crippen molar-refractivity contribution in [3.63, 3.8) is 0 Å². The van der Waals surface area contributed by atoms with Crippen molar-refractivity contribution >= 4 is 0 Å². The van der Waals surface area contributed by atoms with Gasteiger partial charge in [-0.3, -0.25) is 0 Å². The van der Waals surface area contributed by atoms with E-state index in [0.29, 0.717) is 0 Å². The molecule has 14 heavy (non-hydrogen) atoms. The molecule has 0 bridgehead atoms. The van der Waals surface area contributed by atoms with Crippen molar-refractivity contribution in [3.05, 3.63) is 35.4 Å². The second kappa shape index (κ2) is 4.61. The summed E-state index contributed by atoms with van der Waals surface area (Å²) < 4.78 is 0. The summed E-state index contributed by atoms with van der Waals surface area (Å²) in [5, 5.41) is 3.42. The quantitative estimate of drug-likeness (QED) is 0.770. The van der Waals surface area contributed by atoms with Gasteiger partial charge in [0.15, 0.2) is 0 Å². The molecule has 1 saturated heterocycles. The molecule has 1 aliphatic heterocycles. The third-order valence-corrected chi connectivity index (χ3v) is 3.09. The van der Waals surface area contributed by atoms with Crippen molar-refractivity contribution in [1.29, 1.82) is 0 Å². The molecule has 76 valence electrons. The van der Waals surface area contributed by atoms with Crippen molar-refractivity contribution in [3.8, 4) is 0 Å². The normalized spacial score (nSPS) is 21.4. The number of nitrogens with one attached hydrogen (secondary N) is 1. The van der Waals surface area contributed by atoms with Crippen LogP contribution in [0.15, 0.2) is 24.3 Å². The van der Waals surface area contributed by atoms with Gasteiger partial charge in [0.25, 0.3) is 0 Å². The second-order valence-electron chi connectivity index (χ2n) is 4.24. The Balaban J connectivity index is 2.00. The monoisotopic (exact) mass is 189 g/mol. The van der Waals surface area contributed by atoms with E-state index in [4.69, 9.17) is 0 Å². The van der Waals surface area contributed by atoms with Crippen LogP contribution in [0.4, 0.5) is 0 Å². The summed E-state index contributed by atoms with van der Waals surface area (Å²) in [6.45, 7) is 4.63. The highest BCUT2D eigenvalue weighted by molar-refractivity contribution is 5.23. The minimum atomic E-state index is 0.863. The Bertz CT molecular complexity index is 287. The van der Waals surface area contributed by atoms with Gasteiger partial charge in [-0.2, -0.15) is 0 Å². The Morgan fingerprint density at radius 3 is 2.93 bits per heavy atom. The van der Waals surface area contributed by atoms with Gasteiger partial charge in [-0.05, 0) is 49.4 Å². The first-order valence-corrected chi connectivity index (χ1v) is 5.67. The van der Waals surface area contributed by atoms with Crippen LogP contribution in [0.3, 0.4) is 0 Å². The fourth-order valence-electron chi connectivity index (χ4n) is 2.20. The van der Waals surface area contributed by atoms with Crippen molar-refractivity contribution < 1.29 is 0 Å². The van der Waals surface area contributed by atoms with Gasteiger partial charge in [-0.25, -0.2) is 0 Å². The summed E-state index contributed by atoms with van der Waals surface area (Å²) >= 11 is 0. The zero-order valence-corrected chi connectivity index (χ0v) is 8.92. The van der Waals surface area contributed by atoms with Gasteiger partial charge in [0.1, 0.15) is 0 Å². The molecular weight excluding hydrogens is 170 g/mol. The molecule has 0 saturated carbocycles. The van der Waals surface area contributed by atoms with Gasteiger partial charge in [0, 0.05) is 0 Å². The second-order valence-corrected chi connectivity index (χ2v) is 4.24. The molecule has 1 heteroatoms. The van der Waals surface area contributed by atoms with E-state index in [1.807, 2.05) is 0 Å². The van der Waals surface area contributed by atoms with Crippen molar-refractivity contribution in [2.45, 2.75) is 26.2 Å². The minimum absolute atomic E-state index is 0.863. The van der Waals surface area contributed by atoms with Crippen LogP contribution in [0.1, 0.15) is 24.5 Å². The Kier molecular flexibility index (Phi) is 3.20. The molecule has 1 atom stereocenters. The Hall–Kier alpha value is -0.820. The van der Waals surface area contributed by atoms with Crippen LogP contribution in [0.2, 0.25) is 0 Å². The van der Waals surface area contributed by atoms with E-state index in [1.165, 1.54) is 37.1 Å². The standard InChI is InChI=1S/C13H19N/c1-2-11-4-3-5-12(8-11)9-13-6-7-14-10-13/h3-5,8,13-14H,2,6-7,9-10H2,1H3. The minimum Gasteiger partial charge on any atom is -0.316 e. The van der Waals surface area contributed by atoms with Gasteiger partial charge in [0.2, 0.25) is 0 Å². The zero-order valence-electron chi connectivity index (χ0n) is 8.92. The summed E-state index contributed by atoms with van der Waals surface area (Å²) in [5.74, 6) is 0.863. The van der Waals surface area contributed by atoms with Crippen LogP contribution in [0.25, 0.3) is 0 Å². The van der Waals surface area contributed by atoms with E-state index in [2.05, 4.69) is 36.5 Å². The van der Waals surface area contributed by atoms with Crippen LogP contribution < -0.4 is 5.32 Å². The first-order chi connectivity index (χ1) is 6.88. The molecule has 2 rings (SSSR count). The Morgan fingerprint density at radius 2 is 2.21 bits per heavy atom. The molecule has 1 aliphatic rings. The summed E-state index contributed by atoms with van der Waals surface area (Å²) in [6, 6.07) is 9.03. The fraction of sp³-hybridized carbons (Fsp3) is 0.538. The predicted octanol–water partition coefficient (Wildman–Crippen LogP) is 2.40. The molecule has 1 nitrogen and oxygen atoms in total. The Labute approximate surface area is 86.5 Å². The number of aryl methyl sites for hydroxylation is 1. The van der Waals surface area contributed by atoms with Crippen molar-refractivity contribution in [1.82, 2.24) is 5.32 Å². The van der Waals surface area contributed by atoms with Gasteiger partial charge < -0.3 is 5.32 Å². The topological polar surface area (TPSA) is 12.0 Å². The van der Waals surface area contributed by atoms with Crippen LogP contribution in [-0.4, -0.2) is 13.1 Å². The van der Waals surface area contributed by atoms with Gasteiger partial charge in [-0.15, -0.1) is 0 Å². The molecule has 0 aliphatic carbocycles. The van der Waals surface area contributed by atoms with Crippen molar-refractivity contribution in [2.24, 2.45) is 5.92 Å². The lowest BCUT2D eigenvalue weighted by Crippen LogP contribution is -2.10. The number of hydrogen-bond acceptors (Lipinski definition) is 1. The highest BCUT2D eigenvalue weighted by atomic mass is 14.9. The molecule has 1 N–H and O–H groups in total. The van der Waals surface area contributed by atoms with Gasteiger partial charge >= 0.3 is 0 Å². The summed E-state index contributed by atoms with van der Waals surface area (Å²) in [4.78, 5) is 0. The molecule has 0 radical (unpaired) electrons. The number of rotatable bonds is 3. The SMILES string of the molecule is CCc1cccc(CC2CCNC2)c1. The van der Waals surface area contributed by atoms with E-state index in [0.717, 1.165) is 12.3 Å². The van der Waals surface area contributed by atoms with Gasteiger partial charge in [0.05, 0.1) is 0 Å². The van der Waals surface area contributed by atoms with Gasteiger partial charge in [-0.1, -0.05) is 31.2 Å². The maximum absolute atomic E-state index is 3.42. The first kappa shape index (κ1) is 9.72. The molecule has 1 fully saturated rings. The van der Waals surface area contributed by atoms with E-state index >= 15 is 0 Å². The third-order valence-electron chi connectivity index (χ3n) is 3.09. The van der Waals surface area contributed by atoms with Crippen LogP contribution in [0, 0.1) is 5.92 Å². The molecule has 1 aromatic rings. The van der Waals surface area contributed by atoms with E-state index in [1.54, 1.807) is 0 Å². The summed E-state index contributed by atoms with van der Waals surface area (Å²) in [5.41, 5.74) is 2.98. The molecular formula is C13H19N. The van der Waals surface area contributed by atoms with E-state index < -0.39 is 0 Å². The lowest BCUT2D eigenvalue weighted by molar-refractivity contribution is 0.580. The fourth-order valence-corrected chi connectivity index (χ4v) is 2.20. The zero-order chi connectivity index (χ0) is 9.80. The average Bonchev–Trinajstić information content (AvgIpc) is 2.71. The number of benzene rings is 1. The van der Waals surface area contributed by atoms with E-state index in [-0.39, 0.29) is 0 Å². The van der Waals surface area contributed by atoms with Crippen molar-refractivity contribution in [2.75, 3.05) is 13.1 Å². The predicted molar refractivity (Wildman–Crippen MR) is 60.5 cm³/mol. The number of hydrogen-bond donors (Lipinski definition) is 1. The first-order valence-electron chi connectivity index (χ1n) is 5.67. The van der Waals surface area contributed by atoms with E-state index in [9.17, 15) is 0 Å². The smallest absolute Gasteiger partial charge is 0.00169 e. The maximum Gasteiger partial charge on any atom is -0.00169 e. The molecule has 1 aromatic carbocycles. The summed E-state index contributed by atoms with van der Waals surface area (Å²) in [7, 11) is 0. The largest absolute Gasteiger partial charge is 0.316 e. The molecule has 1 heterocycles. The highest BCUT2D eigenvalue weighted by Crippen LogP contribution is 2.16. The Morgan fingerprint density at radius 1 is 1.36 bits per heavy atom. The lowest BCUT2D eigenvalue weighted by Gasteiger charge is -2.08. The van der Waals surface area contributed by atoms with Crippen LogP contribution in [0.5, 0.6) is 0 Å². The molecule has 0 spiro atoms. The maximum atomic E-state index is 3.42. The molecule has 0 amide bonds. The molecule has 0 aromatic heterocycles. The highest BCUT2D eigenvalue weighted by Gasteiger charge is 2.14. The van der Waals surface area contributed by atoms with Crippen LogP contribution >= 0.6 is 0 Å². The van der Waals surface area contributed by atoms with Crippen LogP contribution in [-0.2, 0) is 12.8 Å². The molecule has 1 unspecified atom stereocenters. The average molecular weight is 189 g/mol. The summed E-state index contributed by atoms with van der Waals surface area (Å²) in [6.07, 6.45) is 3.74. The lowest BCUT2D eigenvalue weighted by atomic mass is 9.97.